The quantitative estimate of drug-likeness (QED) is 0.286. The summed E-state index contributed by atoms with van der Waals surface area (Å²) in [4.78, 5) is 40.7. The molecule has 1 saturated heterocycles. The van der Waals surface area contributed by atoms with E-state index >= 15 is 0 Å². The summed E-state index contributed by atoms with van der Waals surface area (Å²) in [6, 6.07) is 14.4. The van der Waals surface area contributed by atoms with Crippen molar-refractivity contribution in [1.82, 2.24) is 4.90 Å². The molecule has 30 heavy (non-hydrogen) atoms. The second-order valence-corrected chi connectivity index (χ2v) is 8.18. The largest absolute Gasteiger partial charge is 0.385 e. The van der Waals surface area contributed by atoms with Gasteiger partial charge in [-0.1, -0.05) is 67.9 Å². The molecule has 5 nitrogen and oxygen atoms in total. The average molecular weight is 408 g/mol. The van der Waals surface area contributed by atoms with E-state index in [0.717, 1.165) is 11.1 Å². The minimum atomic E-state index is -1.03. The molecule has 0 saturated carbocycles. The van der Waals surface area contributed by atoms with Crippen molar-refractivity contribution in [3.63, 3.8) is 0 Å². The van der Waals surface area contributed by atoms with Crippen molar-refractivity contribution in [2.24, 2.45) is 5.92 Å². The summed E-state index contributed by atoms with van der Waals surface area (Å²) in [7, 11) is 1.60. The van der Waals surface area contributed by atoms with Gasteiger partial charge in [0.05, 0.1) is 6.04 Å². The fraction of sp³-hybridized carbons (Fsp3) is 0.400. The highest BCUT2D eigenvalue weighted by Crippen LogP contribution is 2.38. The van der Waals surface area contributed by atoms with Crippen LogP contribution in [0.2, 0.25) is 0 Å². The van der Waals surface area contributed by atoms with Crippen LogP contribution in [0.25, 0.3) is 0 Å². The Labute approximate surface area is 178 Å². The predicted molar refractivity (Wildman–Crippen MR) is 115 cm³/mol. The number of hydrogen-bond donors (Lipinski definition) is 0. The van der Waals surface area contributed by atoms with E-state index < -0.39 is 23.7 Å². The van der Waals surface area contributed by atoms with Crippen molar-refractivity contribution in [2.75, 3.05) is 20.3 Å². The van der Waals surface area contributed by atoms with Crippen LogP contribution < -0.4 is 0 Å². The third-order valence-electron chi connectivity index (χ3n) is 5.72. The molecule has 2 unspecified atom stereocenters. The van der Waals surface area contributed by atoms with Crippen LogP contribution >= 0.6 is 0 Å². The van der Waals surface area contributed by atoms with E-state index in [1.54, 1.807) is 24.1 Å². The molecule has 0 bridgehead atoms. The summed E-state index contributed by atoms with van der Waals surface area (Å²) in [6.07, 6.45) is 0.599. The highest BCUT2D eigenvalue weighted by molar-refractivity contribution is 6.44. The van der Waals surface area contributed by atoms with E-state index in [9.17, 15) is 14.4 Å². The average Bonchev–Trinajstić information content (AvgIpc) is 2.99. The summed E-state index contributed by atoms with van der Waals surface area (Å²) >= 11 is 0. The van der Waals surface area contributed by atoms with Crippen molar-refractivity contribution in [1.29, 1.82) is 0 Å². The zero-order chi connectivity index (χ0) is 21.8. The van der Waals surface area contributed by atoms with E-state index in [4.69, 9.17) is 4.74 Å². The Hall–Kier alpha value is -2.79. The molecule has 0 aromatic heterocycles. The second kappa shape index (κ2) is 9.35. The van der Waals surface area contributed by atoms with E-state index in [1.807, 2.05) is 43.3 Å². The number of amides is 1. The lowest BCUT2D eigenvalue weighted by Crippen LogP contribution is -2.32. The van der Waals surface area contributed by atoms with Gasteiger partial charge in [0.2, 0.25) is 5.78 Å². The molecular weight excluding hydrogens is 378 g/mol. The number of nitrogens with zero attached hydrogens (tertiary/aromatic N) is 1. The zero-order valence-corrected chi connectivity index (χ0v) is 18.1. The lowest BCUT2D eigenvalue weighted by molar-refractivity contribution is -0.140. The van der Waals surface area contributed by atoms with Crippen LogP contribution in [0.4, 0.5) is 0 Å². The summed E-state index contributed by atoms with van der Waals surface area (Å²) in [5.74, 6) is -2.19. The number of methoxy groups -OCH3 is 1. The van der Waals surface area contributed by atoms with E-state index in [-0.39, 0.29) is 5.78 Å². The van der Waals surface area contributed by atoms with Gasteiger partial charge >= 0.3 is 0 Å². The molecule has 2 atom stereocenters. The van der Waals surface area contributed by atoms with Gasteiger partial charge in [0.15, 0.2) is 5.78 Å². The zero-order valence-electron chi connectivity index (χ0n) is 18.1. The number of hydrogen-bond acceptors (Lipinski definition) is 4. The summed E-state index contributed by atoms with van der Waals surface area (Å²) in [5.41, 5.74) is 3.46. The van der Waals surface area contributed by atoms with Gasteiger partial charge in [0, 0.05) is 25.8 Å². The molecule has 1 fully saturated rings. The number of ketones is 2. The van der Waals surface area contributed by atoms with Gasteiger partial charge in [0.25, 0.3) is 5.91 Å². The molecule has 1 heterocycles. The van der Waals surface area contributed by atoms with Gasteiger partial charge < -0.3 is 9.64 Å². The number of carbonyl (C=O) groups is 3. The minimum Gasteiger partial charge on any atom is -0.385 e. The van der Waals surface area contributed by atoms with Gasteiger partial charge in [-0.05, 0) is 30.4 Å². The van der Waals surface area contributed by atoms with Gasteiger partial charge in [-0.3, -0.25) is 14.4 Å². The van der Waals surface area contributed by atoms with Crippen molar-refractivity contribution >= 4 is 17.5 Å². The summed E-state index contributed by atoms with van der Waals surface area (Å²) in [5, 5.41) is 0. The van der Waals surface area contributed by atoms with Gasteiger partial charge in [-0.15, -0.1) is 0 Å². The van der Waals surface area contributed by atoms with Crippen molar-refractivity contribution in [3.8, 4) is 0 Å². The first-order chi connectivity index (χ1) is 14.3. The Morgan fingerprint density at radius 2 is 1.67 bits per heavy atom. The Morgan fingerprint density at radius 1 is 1.03 bits per heavy atom. The van der Waals surface area contributed by atoms with Crippen LogP contribution in [0.1, 0.15) is 59.3 Å². The topological polar surface area (TPSA) is 63.7 Å². The van der Waals surface area contributed by atoms with Crippen LogP contribution in [0, 0.1) is 12.8 Å². The smallest absolute Gasteiger partial charge is 0.291 e. The van der Waals surface area contributed by atoms with Gasteiger partial charge in [-0.25, -0.2) is 0 Å². The lowest BCUT2D eigenvalue weighted by Gasteiger charge is -2.27. The van der Waals surface area contributed by atoms with Crippen molar-refractivity contribution in [3.05, 3.63) is 70.8 Å². The van der Waals surface area contributed by atoms with Gasteiger partial charge in [0.1, 0.15) is 5.92 Å². The van der Waals surface area contributed by atoms with Crippen molar-refractivity contribution < 1.29 is 19.1 Å². The molecule has 5 heteroatoms. The van der Waals surface area contributed by atoms with Crippen LogP contribution in [0.15, 0.2) is 48.5 Å². The molecule has 1 aliphatic heterocycles. The lowest BCUT2D eigenvalue weighted by atomic mass is 9.85. The fourth-order valence-electron chi connectivity index (χ4n) is 3.95. The molecule has 1 amide bonds. The van der Waals surface area contributed by atoms with Gasteiger partial charge in [-0.2, -0.15) is 0 Å². The Bertz CT molecular complexity index is 915. The third-order valence-corrected chi connectivity index (χ3v) is 5.72. The minimum absolute atomic E-state index is 0.305. The summed E-state index contributed by atoms with van der Waals surface area (Å²) in [6.45, 7) is 7.01. The number of ether oxygens (including phenoxy) is 1. The Balaban J connectivity index is 2.00. The molecular formula is C25H29NO4. The van der Waals surface area contributed by atoms with E-state index in [1.165, 1.54) is 5.56 Å². The number of aryl methyl sites for hydroxylation is 1. The van der Waals surface area contributed by atoms with E-state index in [2.05, 4.69) is 13.8 Å². The molecule has 0 aliphatic carbocycles. The maximum atomic E-state index is 13.3. The summed E-state index contributed by atoms with van der Waals surface area (Å²) < 4.78 is 5.11. The molecule has 0 radical (unpaired) electrons. The normalized spacial score (nSPS) is 19.0. The number of likely N-dealkylation sites (tertiary alicyclic amines) is 1. The second-order valence-electron chi connectivity index (χ2n) is 8.18. The number of Topliss-reactive ketones (excluding diaryl/α,β-unsaturated/α-hetero) is 2. The molecule has 0 N–H and O–H groups in total. The highest BCUT2D eigenvalue weighted by atomic mass is 16.5. The maximum absolute atomic E-state index is 13.3. The molecule has 0 spiro atoms. The first kappa shape index (κ1) is 21.9. The van der Waals surface area contributed by atoms with Crippen molar-refractivity contribution in [2.45, 2.75) is 39.2 Å². The number of benzene rings is 2. The predicted octanol–water partition coefficient (Wildman–Crippen LogP) is 4.11. The first-order valence-corrected chi connectivity index (χ1v) is 10.4. The SMILES string of the molecule is COCCCN1C(=O)C(=O)C(C(=O)c2ccc(C)cc2)C1c1ccc(C(C)C)cc1. The Kier molecular flexibility index (Phi) is 6.83. The highest BCUT2D eigenvalue weighted by Gasteiger charge is 2.51. The van der Waals surface area contributed by atoms with E-state index in [0.29, 0.717) is 31.1 Å². The number of carbonyl (C=O) groups excluding carboxylic acids is 3. The van der Waals surface area contributed by atoms with Crippen LogP contribution in [-0.4, -0.2) is 42.6 Å². The molecule has 3 rings (SSSR count). The number of rotatable bonds is 8. The fourth-order valence-corrected chi connectivity index (χ4v) is 3.95. The molecule has 158 valence electrons. The Morgan fingerprint density at radius 3 is 2.23 bits per heavy atom. The monoisotopic (exact) mass is 407 g/mol. The molecule has 2 aromatic rings. The maximum Gasteiger partial charge on any atom is 0.291 e. The van der Waals surface area contributed by atoms with Crippen LogP contribution in [0.3, 0.4) is 0 Å². The van der Waals surface area contributed by atoms with Crippen LogP contribution in [0.5, 0.6) is 0 Å². The van der Waals surface area contributed by atoms with Crippen LogP contribution in [-0.2, 0) is 14.3 Å². The molecule has 2 aromatic carbocycles. The first-order valence-electron chi connectivity index (χ1n) is 10.4. The molecule has 1 aliphatic rings. The third kappa shape index (κ3) is 4.36. The standard InChI is InChI=1S/C25H29NO4/c1-16(2)18-10-12-19(13-11-18)22-21(23(27)20-8-6-17(3)7-9-20)24(28)25(29)26(22)14-5-15-30-4/h6-13,16,21-22H,5,14-15H2,1-4H3.